The van der Waals surface area contributed by atoms with Crippen molar-refractivity contribution >= 4 is 22.6 Å². The van der Waals surface area contributed by atoms with Gasteiger partial charge in [0.25, 0.3) is 0 Å². The van der Waals surface area contributed by atoms with Crippen molar-refractivity contribution in [3.63, 3.8) is 0 Å². The van der Waals surface area contributed by atoms with E-state index < -0.39 is 5.63 Å². The molecule has 0 aliphatic carbocycles. The lowest BCUT2D eigenvalue weighted by Gasteiger charge is -2.08. The van der Waals surface area contributed by atoms with Gasteiger partial charge in [-0.3, -0.25) is 0 Å². The van der Waals surface area contributed by atoms with Gasteiger partial charge >= 0.3 is 5.63 Å². The quantitative estimate of drug-likeness (QED) is 0.649. The molecule has 0 saturated heterocycles. The number of benzene rings is 2. The van der Waals surface area contributed by atoms with Gasteiger partial charge in [-0.15, -0.1) is 0 Å². The van der Waals surface area contributed by atoms with Crippen LogP contribution in [0, 0.1) is 6.92 Å². The molecule has 0 aliphatic rings. The van der Waals surface area contributed by atoms with Crippen molar-refractivity contribution in [2.24, 2.45) is 0 Å². The Kier molecular flexibility index (Phi) is 3.20. The van der Waals surface area contributed by atoms with Crippen LogP contribution < -0.4 is 10.4 Å². The Bertz CT molecular complexity index is 836. The molecule has 100 valence electrons. The number of para-hydroxylation sites is 1. The Hall–Kier alpha value is -2.26. The molecule has 0 aliphatic heterocycles. The van der Waals surface area contributed by atoms with Gasteiger partial charge in [-0.25, -0.2) is 4.79 Å². The van der Waals surface area contributed by atoms with Crippen LogP contribution in [-0.2, 0) is 0 Å². The van der Waals surface area contributed by atoms with Gasteiger partial charge in [0.15, 0.2) is 0 Å². The zero-order valence-electron chi connectivity index (χ0n) is 10.7. The smallest absolute Gasteiger partial charge is 0.379 e. The Balaban J connectivity index is 2.06. The number of ether oxygens (including phenoxy) is 1. The summed E-state index contributed by atoms with van der Waals surface area (Å²) in [5, 5.41) is 1.44. The predicted octanol–water partition coefficient (Wildman–Crippen LogP) is 4.55. The Morgan fingerprint density at radius 3 is 2.65 bits per heavy atom. The van der Waals surface area contributed by atoms with E-state index in [1.165, 1.54) is 0 Å². The van der Waals surface area contributed by atoms with E-state index >= 15 is 0 Å². The summed E-state index contributed by atoms with van der Waals surface area (Å²) in [7, 11) is 0. The summed E-state index contributed by atoms with van der Waals surface area (Å²) in [4.78, 5) is 11.9. The van der Waals surface area contributed by atoms with E-state index in [0.717, 1.165) is 10.9 Å². The first-order valence-electron chi connectivity index (χ1n) is 6.10. The summed E-state index contributed by atoms with van der Waals surface area (Å²) in [6.07, 6.45) is 0. The van der Waals surface area contributed by atoms with Crippen LogP contribution in [0.15, 0.2) is 57.7 Å². The average molecular weight is 287 g/mol. The third-order valence-electron chi connectivity index (χ3n) is 2.97. The van der Waals surface area contributed by atoms with Crippen molar-refractivity contribution in [1.82, 2.24) is 0 Å². The zero-order chi connectivity index (χ0) is 14.1. The molecule has 0 N–H and O–H groups in total. The van der Waals surface area contributed by atoms with Crippen LogP contribution in [0.5, 0.6) is 11.5 Å². The Morgan fingerprint density at radius 2 is 1.85 bits per heavy atom. The third-order valence-corrected chi connectivity index (χ3v) is 3.20. The van der Waals surface area contributed by atoms with Crippen LogP contribution in [-0.4, -0.2) is 0 Å². The molecule has 0 bridgehead atoms. The Morgan fingerprint density at radius 1 is 1.05 bits per heavy atom. The molecule has 1 heterocycles. The molecule has 3 aromatic rings. The molecule has 0 amide bonds. The third kappa shape index (κ3) is 2.40. The molecule has 4 heteroatoms. The van der Waals surface area contributed by atoms with E-state index in [1.807, 2.05) is 25.1 Å². The van der Waals surface area contributed by atoms with Crippen LogP contribution in [0.3, 0.4) is 0 Å². The van der Waals surface area contributed by atoms with E-state index in [4.69, 9.17) is 20.8 Å². The zero-order valence-corrected chi connectivity index (χ0v) is 11.5. The fraction of sp³-hybridized carbons (Fsp3) is 0.0625. The standard InChI is InChI=1S/C16H11ClO3/c1-10-8-12(17)6-7-13(10)19-15-9-11-4-2-3-5-14(11)20-16(15)18/h2-9H,1H3. The van der Waals surface area contributed by atoms with Crippen molar-refractivity contribution in [1.29, 1.82) is 0 Å². The Labute approximate surface area is 120 Å². The normalized spacial score (nSPS) is 10.7. The van der Waals surface area contributed by atoms with E-state index in [-0.39, 0.29) is 5.75 Å². The molecule has 2 aromatic carbocycles. The van der Waals surface area contributed by atoms with Gasteiger partial charge in [0.05, 0.1) is 0 Å². The minimum Gasteiger partial charge on any atom is -0.449 e. The van der Waals surface area contributed by atoms with Crippen molar-refractivity contribution in [2.75, 3.05) is 0 Å². The van der Waals surface area contributed by atoms with E-state index in [1.54, 1.807) is 30.3 Å². The number of halogens is 1. The fourth-order valence-corrected chi connectivity index (χ4v) is 2.19. The highest BCUT2D eigenvalue weighted by Crippen LogP contribution is 2.27. The maximum absolute atomic E-state index is 11.9. The first kappa shape index (κ1) is 12.8. The van der Waals surface area contributed by atoms with Crippen LogP contribution in [0.1, 0.15) is 5.56 Å². The lowest BCUT2D eigenvalue weighted by molar-refractivity contribution is 0.435. The van der Waals surface area contributed by atoms with Gasteiger partial charge in [0.1, 0.15) is 11.3 Å². The summed E-state index contributed by atoms with van der Waals surface area (Å²) in [6, 6.07) is 14.2. The van der Waals surface area contributed by atoms with Crippen molar-refractivity contribution in [3.05, 3.63) is 69.5 Å². The van der Waals surface area contributed by atoms with Crippen LogP contribution in [0.25, 0.3) is 11.0 Å². The van der Waals surface area contributed by atoms with Crippen LogP contribution >= 0.6 is 11.6 Å². The van der Waals surface area contributed by atoms with Gasteiger partial charge < -0.3 is 9.15 Å². The van der Waals surface area contributed by atoms with Gasteiger partial charge in [0, 0.05) is 10.4 Å². The number of hydrogen-bond donors (Lipinski definition) is 0. The summed E-state index contributed by atoms with van der Waals surface area (Å²) in [6.45, 7) is 1.86. The summed E-state index contributed by atoms with van der Waals surface area (Å²) in [5.74, 6) is 0.742. The van der Waals surface area contributed by atoms with Gasteiger partial charge in [-0.2, -0.15) is 0 Å². The maximum atomic E-state index is 11.9. The van der Waals surface area contributed by atoms with E-state index in [2.05, 4.69) is 0 Å². The lowest BCUT2D eigenvalue weighted by Crippen LogP contribution is -2.03. The maximum Gasteiger partial charge on any atom is 0.379 e. The minimum atomic E-state index is -0.502. The van der Waals surface area contributed by atoms with Crippen LogP contribution in [0.2, 0.25) is 5.02 Å². The molecule has 20 heavy (non-hydrogen) atoms. The van der Waals surface area contributed by atoms with Gasteiger partial charge in [-0.05, 0) is 42.8 Å². The second-order valence-corrected chi connectivity index (χ2v) is 4.88. The predicted molar refractivity (Wildman–Crippen MR) is 78.7 cm³/mol. The summed E-state index contributed by atoms with van der Waals surface area (Å²) >= 11 is 5.89. The molecule has 3 rings (SSSR count). The van der Waals surface area contributed by atoms with Crippen molar-refractivity contribution < 1.29 is 9.15 Å². The van der Waals surface area contributed by atoms with Crippen LogP contribution in [0.4, 0.5) is 0 Å². The largest absolute Gasteiger partial charge is 0.449 e. The summed E-state index contributed by atoms with van der Waals surface area (Å²) in [5.41, 5.74) is 0.890. The van der Waals surface area contributed by atoms with Crippen molar-refractivity contribution in [2.45, 2.75) is 6.92 Å². The number of fused-ring (bicyclic) bond motifs is 1. The molecule has 0 radical (unpaired) electrons. The molecule has 1 aromatic heterocycles. The molecule has 0 atom stereocenters. The molecule has 3 nitrogen and oxygen atoms in total. The molecule has 0 saturated carbocycles. The second-order valence-electron chi connectivity index (χ2n) is 4.45. The van der Waals surface area contributed by atoms with Gasteiger partial charge in [-0.1, -0.05) is 29.8 Å². The van der Waals surface area contributed by atoms with Gasteiger partial charge in [0.2, 0.25) is 5.75 Å². The average Bonchev–Trinajstić information content (AvgIpc) is 2.42. The minimum absolute atomic E-state index is 0.161. The second kappa shape index (κ2) is 5.02. The SMILES string of the molecule is Cc1cc(Cl)ccc1Oc1cc2ccccc2oc1=O. The molecular formula is C16H11ClO3. The van der Waals surface area contributed by atoms with Crippen molar-refractivity contribution in [3.8, 4) is 11.5 Å². The number of rotatable bonds is 2. The molecule has 0 spiro atoms. The highest BCUT2D eigenvalue weighted by atomic mass is 35.5. The van der Waals surface area contributed by atoms with E-state index in [9.17, 15) is 4.79 Å². The molecular weight excluding hydrogens is 276 g/mol. The fourth-order valence-electron chi connectivity index (χ4n) is 1.96. The highest BCUT2D eigenvalue weighted by Gasteiger charge is 2.09. The molecule has 0 fully saturated rings. The first-order valence-corrected chi connectivity index (χ1v) is 6.48. The van der Waals surface area contributed by atoms with E-state index in [0.29, 0.717) is 16.4 Å². The first-order chi connectivity index (χ1) is 9.63. The number of aryl methyl sites for hydroxylation is 1. The topological polar surface area (TPSA) is 39.4 Å². The number of hydrogen-bond acceptors (Lipinski definition) is 3. The highest BCUT2D eigenvalue weighted by molar-refractivity contribution is 6.30. The lowest BCUT2D eigenvalue weighted by atomic mass is 10.2. The molecule has 0 unspecified atom stereocenters. The monoisotopic (exact) mass is 286 g/mol. The summed E-state index contributed by atoms with van der Waals surface area (Å²) < 4.78 is 10.9.